The van der Waals surface area contributed by atoms with Gasteiger partial charge in [0.2, 0.25) is 0 Å². The molecule has 3 aromatic rings. The number of aromatic nitrogens is 2. The molecule has 28 heavy (non-hydrogen) atoms. The highest BCUT2D eigenvalue weighted by molar-refractivity contribution is 5.95. The van der Waals surface area contributed by atoms with Crippen molar-refractivity contribution in [3.63, 3.8) is 0 Å². The van der Waals surface area contributed by atoms with Gasteiger partial charge in [-0.3, -0.25) is 14.4 Å². The SMILES string of the molecule is Cc1c(C(=O)N2CCCN(Cc3ccc(-c4ccco4)cc3)CC2)cnn1C. The second-order valence-corrected chi connectivity index (χ2v) is 7.36. The molecule has 0 atom stereocenters. The molecule has 0 N–H and O–H groups in total. The van der Waals surface area contributed by atoms with Crippen LogP contribution in [0.2, 0.25) is 0 Å². The molecule has 1 amide bonds. The standard InChI is InChI=1S/C22H26N4O2/c1-17-20(15-23-24(17)2)22(27)26-11-4-10-25(12-13-26)16-18-6-8-19(9-7-18)21-5-3-14-28-21/h3,5-9,14-15H,4,10-13,16H2,1-2H3. The zero-order chi connectivity index (χ0) is 19.5. The summed E-state index contributed by atoms with van der Waals surface area (Å²) < 4.78 is 7.21. The van der Waals surface area contributed by atoms with Crippen LogP contribution in [0.3, 0.4) is 0 Å². The van der Waals surface area contributed by atoms with Crippen LogP contribution in [0, 0.1) is 6.92 Å². The topological polar surface area (TPSA) is 54.5 Å². The Morgan fingerprint density at radius 3 is 2.61 bits per heavy atom. The summed E-state index contributed by atoms with van der Waals surface area (Å²) in [6.07, 6.45) is 4.36. The summed E-state index contributed by atoms with van der Waals surface area (Å²) in [5.41, 5.74) is 4.00. The number of hydrogen-bond donors (Lipinski definition) is 0. The molecule has 0 bridgehead atoms. The Balaban J connectivity index is 1.36. The van der Waals surface area contributed by atoms with Crippen molar-refractivity contribution >= 4 is 5.91 Å². The molecule has 1 aliphatic heterocycles. The Morgan fingerprint density at radius 1 is 1.11 bits per heavy atom. The van der Waals surface area contributed by atoms with Gasteiger partial charge in [0.05, 0.1) is 18.0 Å². The van der Waals surface area contributed by atoms with Crippen molar-refractivity contribution in [3.05, 3.63) is 65.7 Å². The van der Waals surface area contributed by atoms with Crippen LogP contribution >= 0.6 is 0 Å². The minimum absolute atomic E-state index is 0.0928. The van der Waals surface area contributed by atoms with Gasteiger partial charge in [0.15, 0.2) is 0 Å². The lowest BCUT2D eigenvalue weighted by Gasteiger charge is -2.22. The molecule has 2 aromatic heterocycles. The molecule has 0 saturated carbocycles. The molecule has 0 unspecified atom stereocenters. The maximum atomic E-state index is 12.8. The third-order valence-electron chi connectivity index (χ3n) is 5.51. The van der Waals surface area contributed by atoms with Crippen LogP contribution in [-0.4, -0.2) is 51.7 Å². The first-order chi connectivity index (χ1) is 13.6. The zero-order valence-corrected chi connectivity index (χ0v) is 16.5. The number of nitrogens with zero attached hydrogens (tertiary/aromatic N) is 4. The fraction of sp³-hybridized carbons (Fsp3) is 0.364. The number of amides is 1. The van der Waals surface area contributed by atoms with Crippen LogP contribution in [0.25, 0.3) is 11.3 Å². The van der Waals surface area contributed by atoms with E-state index in [4.69, 9.17) is 4.42 Å². The van der Waals surface area contributed by atoms with Crippen LogP contribution in [0.4, 0.5) is 0 Å². The van der Waals surface area contributed by atoms with Crippen LogP contribution < -0.4 is 0 Å². The van der Waals surface area contributed by atoms with Crippen molar-refractivity contribution in [2.75, 3.05) is 26.2 Å². The summed E-state index contributed by atoms with van der Waals surface area (Å²) in [4.78, 5) is 17.2. The fourth-order valence-corrected chi connectivity index (χ4v) is 3.69. The molecule has 0 spiro atoms. The number of carbonyl (C=O) groups excluding carboxylic acids is 1. The molecular formula is C22H26N4O2. The first-order valence-corrected chi connectivity index (χ1v) is 9.75. The van der Waals surface area contributed by atoms with E-state index in [2.05, 4.69) is 34.3 Å². The summed E-state index contributed by atoms with van der Waals surface area (Å²) in [6.45, 7) is 6.25. The maximum absolute atomic E-state index is 12.8. The third kappa shape index (κ3) is 3.87. The molecule has 1 aromatic carbocycles. The number of benzene rings is 1. The number of aryl methyl sites for hydroxylation is 1. The van der Waals surface area contributed by atoms with Gasteiger partial charge in [-0.05, 0) is 31.0 Å². The Hall–Kier alpha value is -2.86. The molecule has 1 saturated heterocycles. The predicted molar refractivity (Wildman–Crippen MR) is 108 cm³/mol. The summed E-state index contributed by atoms with van der Waals surface area (Å²) >= 11 is 0. The minimum Gasteiger partial charge on any atom is -0.464 e. The van der Waals surface area contributed by atoms with Crippen LogP contribution in [0.1, 0.15) is 28.0 Å². The first kappa shape index (κ1) is 18.5. The predicted octanol–water partition coefficient (Wildman–Crippen LogP) is 3.34. The minimum atomic E-state index is 0.0928. The van der Waals surface area contributed by atoms with E-state index >= 15 is 0 Å². The Bertz CT molecular complexity index is 928. The molecule has 3 heterocycles. The average molecular weight is 378 g/mol. The number of furan rings is 1. The maximum Gasteiger partial charge on any atom is 0.257 e. The highest BCUT2D eigenvalue weighted by Gasteiger charge is 2.23. The Kier molecular flexibility index (Phi) is 5.30. The van der Waals surface area contributed by atoms with Gasteiger partial charge < -0.3 is 9.32 Å². The molecule has 6 heteroatoms. The van der Waals surface area contributed by atoms with Crippen molar-refractivity contribution in [2.45, 2.75) is 19.9 Å². The van der Waals surface area contributed by atoms with Crippen molar-refractivity contribution in [2.24, 2.45) is 7.05 Å². The number of carbonyl (C=O) groups is 1. The van der Waals surface area contributed by atoms with Crippen molar-refractivity contribution in [1.29, 1.82) is 0 Å². The number of hydrogen-bond acceptors (Lipinski definition) is 4. The van der Waals surface area contributed by atoms with Crippen molar-refractivity contribution in [1.82, 2.24) is 19.6 Å². The van der Waals surface area contributed by atoms with Gasteiger partial charge in [-0.2, -0.15) is 5.10 Å². The molecule has 146 valence electrons. The molecule has 1 aliphatic rings. The highest BCUT2D eigenvalue weighted by Crippen LogP contribution is 2.21. The lowest BCUT2D eigenvalue weighted by atomic mass is 10.1. The van der Waals surface area contributed by atoms with Gasteiger partial charge in [0, 0.05) is 51.0 Å². The second-order valence-electron chi connectivity index (χ2n) is 7.36. The lowest BCUT2D eigenvalue weighted by Crippen LogP contribution is -2.35. The highest BCUT2D eigenvalue weighted by atomic mass is 16.3. The van der Waals surface area contributed by atoms with Gasteiger partial charge in [-0.25, -0.2) is 0 Å². The first-order valence-electron chi connectivity index (χ1n) is 9.75. The van der Waals surface area contributed by atoms with E-state index in [1.54, 1.807) is 17.1 Å². The van der Waals surface area contributed by atoms with Crippen LogP contribution in [-0.2, 0) is 13.6 Å². The second kappa shape index (κ2) is 8.02. The zero-order valence-electron chi connectivity index (χ0n) is 16.5. The molecule has 6 nitrogen and oxygen atoms in total. The van der Waals surface area contributed by atoms with Gasteiger partial charge in [-0.15, -0.1) is 0 Å². The molecule has 1 fully saturated rings. The molecule has 4 rings (SSSR count). The van der Waals surface area contributed by atoms with Crippen molar-refractivity contribution in [3.8, 4) is 11.3 Å². The summed E-state index contributed by atoms with van der Waals surface area (Å²) in [6, 6.07) is 12.4. The van der Waals surface area contributed by atoms with Gasteiger partial charge in [0.25, 0.3) is 5.91 Å². The third-order valence-corrected chi connectivity index (χ3v) is 5.51. The quantitative estimate of drug-likeness (QED) is 0.699. The monoisotopic (exact) mass is 378 g/mol. The molecule has 0 radical (unpaired) electrons. The Labute approximate surface area is 165 Å². The van der Waals surface area contributed by atoms with Gasteiger partial charge >= 0.3 is 0 Å². The summed E-state index contributed by atoms with van der Waals surface area (Å²) in [5, 5.41) is 4.20. The van der Waals surface area contributed by atoms with Crippen LogP contribution in [0.15, 0.2) is 53.3 Å². The van der Waals surface area contributed by atoms with E-state index in [0.29, 0.717) is 5.56 Å². The van der Waals surface area contributed by atoms with Crippen molar-refractivity contribution < 1.29 is 9.21 Å². The Morgan fingerprint density at radius 2 is 1.93 bits per heavy atom. The largest absolute Gasteiger partial charge is 0.464 e. The smallest absolute Gasteiger partial charge is 0.257 e. The summed E-state index contributed by atoms with van der Waals surface area (Å²) in [7, 11) is 1.87. The normalized spacial score (nSPS) is 15.6. The fourth-order valence-electron chi connectivity index (χ4n) is 3.69. The van der Waals surface area contributed by atoms with E-state index in [1.807, 2.05) is 31.0 Å². The van der Waals surface area contributed by atoms with E-state index < -0.39 is 0 Å². The van der Waals surface area contributed by atoms with Gasteiger partial charge in [0.1, 0.15) is 5.76 Å². The van der Waals surface area contributed by atoms with Gasteiger partial charge in [-0.1, -0.05) is 24.3 Å². The van der Waals surface area contributed by atoms with E-state index in [0.717, 1.165) is 56.2 Å². The van der Waals surface area contributed by atoms with E-state index in [9.17, 15) is 4.79 Å². The average Bonchev–Trinajstić information content (AvgIpc) is 3.28. The van der Waals surface area contributed by atoms with E-state index in [-0.39, 0.29) is 5.91 Å². The molecule has 0 aliphatic carbocycles. The number of rotatable bonds is 4. The van der Waals surface area contributed by atoms with E-state index in [1.165, 1.54) is 5.56 Å². The molecular weight excluding hydrogens is 352 g/mol. The lowest BCUT2D eigenvalue weighted by molar-refractivity contribution is 0.0760. The van der Waals surface area contributed by atoms with Crippen LogP contribution in [0.5, 0.6) is 0 Å². The summed E-state index contributed by atoms with van der Waals surface area (Å²) in [5.74, 6) is 0.983.